The number of rotatable bonds is 5. The van der Waals surface area contributed by atoms with E-state index >= 15 is 0 Å². The minimum atomic E-state index is -1.22. The van der Waals surface area contributed by atoms with Gasteiger partial charge in [0.1, 0.15) is 6.04 Å². The van der Waals surface area contributed by atoms with E-state index in [0.717, 1.165) is 12.1 Å². The van der Waals surface area contributed by atoms with Crippen molar-refractivity contribution in [3.63, 3.8) is 0 Å². The summed E-state index contributed by atoms with van der Waals surface area (Å²) in [7, 11) is 0. The maximum Gasteiger partial charge on any atom is 0.255 e. The lowest BCUT2D eigenvalue weighted by Crippen LogP contribution is -2.45. The van der Waals surface area contributed by atoms with E-state index in [4.69, 9.17) is 0 Å². The van der Waals surface area contributed by atoms with Gasteiger partial charge in [-0.25, -0.2) is 8.78 Å². The predicted octanol–water partition coefficient (Wildman–Crippen LogP) is 1.86. The van der Waals surface area contributed by atoms with Crippen LogP contribution in [0.3, 0.4) is 0 Å². The van der Waals surface area contributed by atoms with E-state index < -0.39 is 29.1 Å². The van der Waals surface area contributed by atoms with Crippen LogP contribution in [0.1, 0.15) is 31.1 Å². The first-order chi connectivity index (χ1) is 9.32. The number of carbonyl (C=O) groups is 2. The number of hydrogen-bond donors (Lipinski definition) is 2. The Labute approximate surface area is 116 Å². The van der Waals surface area contributed by atoms with Crippen molar-refractivity contribution < 1.29 is 18.4 Å². The first kappa shape index (κ1) is 16.1. The van der Waals surface area contributed by atoms with Crippen molar-refractivity contribution in [3.05, 3.63) is 35.4 Å². The van der Waals surface area contributed by atoms with Gasteiger partial charge in [-0.3, -0.25) is 9.59 Å². The summed E-state index contributed by atoms with van der Waals surface area (Å²) in [6.07, 6.45) is 0. The van der Waals surface area contributed by atoms with Crippen LogP contribution in [0, 0.1) is 17.6 Å². The zero-order valence-corrected chi connectivity index (χ0v) is 11.7. The number of carbonyl (C=O) groups excluding carboxylic acids is 2. The molecule has 1 atom stereocenters. The summed E-state index contributed by atoms with van der Waals surface area (Å²) in [6, 6.07) is 2.48. The maximum absolute atomic E-state index is 13.4. The zero-order valence-electron chi connectivity index (χ0n) is 11.7. The lowest BCUT2D eigenvalue weighted by atomic mass is 10.1. The van der Waals surface area contributed by atoms with E-state index in [2.05, 4.69) is 10.6 Å². The summed E-state index contributed by atoms with van der Waals surface area (Å²) >= 11 is 0. The molecule has 0 aliphatic rings. The molecule has 2 amide bonds. The minimum absolute atomic E-state index is 0.280. The molecule has 0 aliphatic heterocycles. The standard InChI is InChI=1S/C14H18F2N2O2/c1-8(2)7-17-13(19)9(3)18-14(20)10-5-4-6-11(15)12(10)16/h4-6,8-9H,7H2,1-3H3,(H,17,19)(H,18,20). The van der Waals surface area contributed by atoms with Gasteiger partial charge in [-0.15, -0.1) is 0 Å². The van der Waals surface area contributed by atoms with E-state index in [1.54, 1.807) is 0 Å². The van der Waals surface area contributed by atoms with Crippen LogP contribution in [-0.4, -0.2) is 24.4 Å². The predicted molar refractivity (Wildman–Crippen MR) is 71.1 cm³/mol. The number of nitrogens with one attached hydrogen (secondary N) is 2. The fraction of sp³-hybridized carbons (Fsp3) is 0.429. The Morgan fingerprint density at radius 3 is 2.45 bits per heavy atom. The second-order valence-corrected chi connectivity index (χ2v) is 4.94. The SMILES string of the molecule is CC(C)CNC(=O)C(C)NC(=O)c1cccc(F)c1F. The number of hydrogen-bond acceptors (Lipinski definition) is 2. The van der Waals surface area contributed by atoms with Gasteiger partial charge in [0.25, 0.3) is 5.91 Å². The molecule has 110 valence electrons. The van der Waals surface area contributed by atoms with Crippen LogP contribution < -0.4 is 10.6 Å². The fourth-order valence-corrected chi connectivity index (χ4v) is 1.48. The van der Waals surface area contributed by atoms with E-state index in [-0.39, 0.29) is 11.8 Å². The lowest BCUT2D eigenvalue weighted by molar-refractivity contribution is -0.122. The molecule has 0 saturated carbocycles. The Bertz CT molecular complexity index is 504. The number of benzene rings is 1. The molecule has 1 aromatic carbocycles. The van der Waals surface area contributed by atoms with Gasteiger partial charge < -0.3 is 10.6 Å². The molecule has 2 N–H and O–H groups in total. The lowest BCUT2D eigenvalue weighted by Gasteiger charge is -2.15. The largest absolute Gasteiger partial charge is 0.354 e. The van der Waals surface area contributed by atoms with Crippen molar-refractivity contribution in [2.24, 2.45) is 5.92 Å². The Kier molecular flexibility index (Phi) is 5.61. The maximum atomic E-state index is 13.4. The van der Waals surface area contributed by atoms with Crippen molar-refractivity contribution in [2.45, 2.75) is 26.8 Å². The van der Waals surface area contributed by atoms with Gasteiger partial charge >= 0.3 is 0 Å². The monoisotopic (exact) mass is 284 g/mol. The Morgan fingerprint density at radius 2 is 1.85 bits per heavy atom. The van der Waals surface area contributed by atoms with Crippen molar-refractivity contribution in [2.75, 3.05) is 6.54 Å². The van der Waals surface area contributed by atoms with Gasteiger partial charge in [0.2, 0.25) is 5.91 Å². The summed E-state index contributed by atoms with van der Waals surface area (Å²) in [5, 5.41) is 4.97. The average Bonchev–Trinajstić information content (AvgIpc) is 2.38. The van der Waals surface area contributed by atoms with Gasteiger partial charge in [0.15, 0.2) is 11.6 Å². The molecule has 0 aromatic heterocycles. The minimum Gasteiger partial charge on any atom is -0.354 e. The summed E-state index contributed by atoms with van der Waals surface area (Å²) in [5.74, 6) is -3.24. The zero-order chi connectivity index (χ0) is 15.3. The first-order valence-electron chi connectivity index (χ1n) is 6.35. The van der Waals surface area contributed by atoms with Crippen LogP contribution in [0.5, 0.6) is 0 Å². The summed E-state index contributed by atoms with van der Waals surface area (Å²) in [6.45, 7) is 5.83. The highest BCUT2D eigenvalue weighted by molar-refractivity contribution is 5.97. The van der Waals surface area contributed by atoms with Crippen LogP contribution >= 0.6 is 0 Å². The van der Waals surface area contributed by atoms with Crippen molar-refractivity contribution in [1.29, 1.82) is 0 Å². The average molecular weight is 284 g/mol. The third kappa shape index (κ3) is 4.29. The van der Waals surface area contributed by atoms with E-state index in [1.807, 2.05) is 13.8 Å². The van der Waals surface area contributed by atoms with Crippen LogP contribution in [0.4, 0.5) is 8.78 Å². The van der Waals surface area contributed by atoms with E-state index in [9.17, 15) is 18.4 Å². The van der Waals surface area contributed by atoms with Gasteiger partial charge in [0, 0.05) is 6.54 Å². The molecule has 0 bridgehead atoms. The first-order valence-corrected chi connectivity index (χ1v) is 6.35. The third-order valence-corrected chi connectivity index (χ3v) is 2.62. The Balaban J connectivity index is 2.66. The quantitative estimate of drug-likeness (QED) is 0.867. The summed E-state index contributed by atoms with van der Waals surface area (Å²) in [4.78, 5) is 23.4. The second-order valence-electron chi connectivity index (χ2n) is 4.94. The number of halogens is 2. The highest BCUT2D eigenvalue weighted by Crippen LogP contribution is 2.11. The molecule has 0 heterocycles. The normalized spacial score (nSPS) is 12.1. The summed E-state index contributed by atoms with van der Waals surface area (Å²) in [5.41, 5.74) is -0.423. The van der Waals surface area contributed by atoms with Crippen LogP contribution in [0.15, 0.2) is 18.2 Å². The molecule has 1 aromatic rings. The van der Waals surface area contributed by atoms with Gasteiger partial charge in [-0.2, -0.15) is 0 Å². The van der Waals surface area contributed by atoms with Crippen LogP contribution in [-0.2, 0) is 4.79 Å². The highest BCUT2D eigenvalue weighted by Gasteiger charge is 2.20. The van der Waals surface area contributed by atoms with Gasteiger partial charge in [-0.1, -0.05) is 19.9 Å². The fourth-order valence-electron chi connectivity index (χ4n) is 1.48. The molecule has 20 heavy (non-hydrogen) atoms. The second kappa shape index (κ2) is 6.98. The molecule has 4 nitrogen and oxygen atoms in total. The molecular formula is C14H18F2N2O2. The van der Waals surface area contributed by atoms with Gasteiger partial charge in [-0.05, 0) is 25.0 Å². The van der Waals surface area contributed by atoms with Crippen molar-refractivity contribution in [3.8, 4) is 0 Å². The molecule has 0 spiro atoms. The molecule has 1 unspecified atom stereocenters. The summed E-state index contributed by atoms with van der Waals surface area (Å²) < 4.78 is 26.4. The third-order valence-electron chi connectivity index (χ3n) is 2.62. The molecule has 0 radical (unpaired) electrons. The molecule has 0 fully saturated rings. The van der Waals surface area contributed by atoms with Crippen molar-refractivity contribution in [1.82, 2.24) is 10.6 Å². The molecule has 6 heteroatoms. The van der Waals surface area contributed by atoms with E-state index in [0.29, 0.717) is 6.54 Å². The van der Waals surface area contributed by atoms with E-state index in [1.165, 1.54) is 13.0 Å². The molecule has 1 rings (SSSR count). The molecular weight excluding hydrogens is 266 g/mol. The smallest absolute Gasteiger partial charge is 0.255 e. The number of amides is 2. The van der Waals surface area contributed by atoms with Gasteiger partial charge in [0.05, 0.1) is 5.56 Å². The van der Waals surface area contributed by atoms with Crippen molar-refractivity contribution >= 4 is 11.8 Å². The van der Waals surface area contributed by atoms with Crippen LogP contribution in [0.25, 0.3) is 0 Å². The molecule has 0 saturated heterocycles. The van der Waals surface area contributed by atoms with Crippen LogP contribution in [0.2, 0.25) is 0 Å². The highest BCUT2D eigenvalue weighted by atomic mass is 19.2. The molecule has 0 aliphatic carbocycles. The topological polar surface area (TPSA) is 58.2 Å². The Hall–Kier alpha value is -1.98. The Morgan fingerprint density at radius 1 is 1.20 bits per heavy atom.